The maximum Gasteiger partial charge on any atom is 0.433 e. The molecule has 0 aliphatic carbocycles. The van der Waals surface area contributed by atoms with E-state index in [1.165, 1.54) is 14.2 Å². The number of carbonyl (C=O) groups excluding carboxylic acids is 1. The van der Waals surface area contributed by atoms with E-state index in [9.17, 15) is 18.0 Å². The lowest BCUT2D eigenvalue weighted by Crippen LogP contribution is -2.15. The molecule has 0 atom stereocenters. The SMILES string of the molecule is C=C(C(=O)OC)c1cccc(OC)c1COc1cc(C(F)(F)F)nc(OC(C)C)n1. The number of ether oxygens (including phenoxy) is 4. The maximum absolute atomic E-state index is 13.2. The van der Waals surface area contributed by atoms with Crippen LogP contribution in [0.1, 0.15) is 30.7 Å². The largest absolute Gasteiger partial charge is 0.496 e. The van der Waals surface area contributed by atoms with Gasteiger partial charge in [-0.3, -0.25) is 0 Å². The minimum Gasteiger partial charge on any atom is -0.496 e. The van der Waals surface area contributed by atoms with Gasteiger partial charge >= 0.3 is 18.2 Å². The maximum atomic E-state index is 13.2. The number of methoxy groups -OCH3 is 2. The van der Waals surface area contributed by atoms with Crippen molar-refractivity contribution in [3.05, 3.63) is 47.7 Å². The summed E-state index contributed by atoms with van der Waals surface area (Å²) in [7, 11) is 2.62. The molecular formula is C20H21F3N2O5. The minimum absolute atomic E-state index is 0.0394. The predicted molar refractivity (Wildman–Crippen MR) is 101 cm³/mol. The highest BCUT2D eigenvalue weighted by Gasteiger charge is 2.34. The first kappa shape index (κ1) is 23.0. The lowest BCUT2D eigenvalue weighted by atomic mass is 10.0. The number of hydrogen-bond donors (Lipinski definition) is 0. The van der Waals surface area contributed by atoms with E-state index in [0.29, 0.717) is 22.9 Å². The Morgan fingerprint density at radius 3 is 2.47 bits per heavy atom. The number of halogens is 3. The summed E-state index contributed by atoms with van der Waals surface area (Å²) >= 11 is 0. The third-order valence-corrected chi connectivity index (χ3v) is 3.79. The molecule has 0 N–H and O–H groups in total. The molecule has 0 saturated heterocycles. The Bertz CT molecular complexity index is 929. The van der Waals surface area contributed by atoms with Crippen LogP contribution < -0.4 is 14.2 Å². The summed E-state index contributed by atoms with van der Waals surface area (Å²) < 4.78 is 60.2. The van der Waals surface area contributed by atoms with Crippen LogP contribution in [0.25, 0.3) is 5.57 Å². The molecule has 2 aromatic rings. The van der Waals surface area contributed by atoms with Gasteiger partial charge in [0.15, 0.2) is 5.69 Å². The van der Waals surface area contributed by atoms with Gasteiger partial charge in [0.2, 0.25) is 5.88 Å². The van der Waals surface area contributed by atoms with E-state index in [0.717, 1.165) is 0 Å². The molecule has 2 rings (SSSR count). The van der Waals surface area contributed by atoms with Crippen molar-refractivity contribution in [2.24, 2.45) is 0 Å². The fourth-order valence-corrected chi connectivity index (χ4v) is 2.45. The molecule has 0 unspecified atom stereocenters. The van der Waals surface area contributed by atoms with Gasteiger partial charge in [-0.15, -0.1) is 0 Å². The van der Waals surface area contributed by atoms with E-state index in [4.69, 9.17) is 14.2 Å². The van der Waals surface area contributed by atoms with Crippen LogP contribution in [0.5, 0.6) is 17.6 Å². The van der Waals surface area contributed by atoms with E-state index >= 15 is 0 Å². The summed E-state index contributed by atoms with van der Waals surface area (Å²) in [6.07, 6.45) is -5.16. The van der Waals surface area contributed by atoms with Gasteiger partial charge in [0.05, 0.1) is 25.9 Å². The van der Waals surface area contributed by atoms with Crippen molar-refractivity contribution in [1.82, 2.24) is 9.97 Å². The molecule has 7 nitrogen and oxygen atoms in total. The molecule has 0 amide bonds. The summed E-state index contributed by atoms with van der Waals surface area (Å²) in [4.78, 5) is 19.1. The molecule has 1 aromatic heterocycles. The van der Waals surface area contributed by atoms with Crippen LogP contribution in [-0.4, -0.2) is 36.3 Å². The highest BCUT2D eigenvalue weighted by molar-refractivity contribution is 6.16. The number of nitrogens with zero attached hydrogens (tertiary/aromatic N) is 2. The summed E-state index contributed by atoms with van der Waals surface area (Å²) in [5.41, 5.74) is -0.418. The highest BCUT2D eigenvalue weighted by Crippen LogP contribution is 2.32. The van der Waals surface area contributed by atoms with Gasteiger partial charge in [0, 0.05) is 11.6 Å². The third-order valence-electron chi connectivity index (χ3n) is 3.79. The zero-order valence-corrected chi connectivity index (χ0v) is 16.9. The summed E-state index contributed by atoms with van der Waals surface area (Å²) in [6.45, 7) is 6.70. The summed E-state index contributed by atoms with van der Waals surface area (Å²) in [6, 6.07) is 5.04. The molecule has 0 spiro atoms. The lowest BCUT2D eigenvalue weighted by Gasteiger charge is -2.16. The number of alkyl halides is 3. The number of esters is 1. The quantitative estimate of drug-likeness (QED) is 0.465. The molecule has 0 aliphatic heterocycles. The van der Waals surface area contributed by atoms with E-state index in [1.54, 1.807) is 32.0 Å². The molecule has 1 heterocycles. The Morgan fingerprint density at radius 2 is 1.90 bits per heavy atom. The number of rotatable bonds is 8. The lowest BCUT2D eigenvalue weighted by molar-refractivity contribution is -0.141. The van der Waals surface area contributed by atoms with Gasteiger partial charge in [-0.05, 0) is 25.5 Å². The second kappa shape index (κ2) is 9.47. The number of aromatic nitrogens is 2. The average molecular weight is 426 g/mol. The smallest absolute Gasteiger partial charge is 0.433 e. The molecule has 0 bridgehead atoms. The van der Waals surface area contributed by atoms with E-state index in [2.05, 4.69) is 21.3 Å². The molecule has 10 heteroatoms. The van der Waals surface area contributed by atoms with Gasteiger partial charge in [-0.25, -0.2) is 4.79 Å². The second-order valence-corrected chi connectivity index (χ2v) is 6.28. The molecular weight excluding hydrogens is 405 g/mol. The molecule has 162 valence electrons. The normalized spacial score (nSPS) is 11.2. The Balaban J connectivity index is 2.41. The van der Waals surface area contributed by atoms with E-state index in [-0.39, 0.29) is 18.1 Å². The van der Waals surface area contributed by atoms with E-state index in [1.807, 2.05) is 0 Å². The first-order valence-electron chi connectivity index (χ1n) is 8.76. The van der Waals surface area contributed by atoms with Crippen LogP contribution in [0.2, 0.25) is 0 Å². The van der Waals surface area contributed by atoms with Crippen molar-refractivity contribution in [3.8, 4) is 17.6 Å². The summed E-state index contributed by atoms with van der Waals surface area (Å²) in [5, 5.41) is 0. The standard InChI is InChI=1S/C20H21F3N2O5/c1-11(2)30-19-24-16(20(21,22)23)9-17(25-19)29-10-14-13(12(3)18(26)28-5)7-6-8-15(14)27-4/h6-9,11H,3,10H2,1-2,4-5H3. The Hall–Kier alpha value is -3.30. The molecule has 0 fully saturated rings. The van der Waals surface area contributed by atoms with Crippen molar-refractivity contribution >= 4 is 11.5 Å². The average Bonchev–Trinajstić information content (AvgIpc) is 2.69. The highest BCUT2D eigenvalue weighted by atomic mass is 19.4. The monoisotopic (exact) mass is 426 g/mol. The first-order valence-corrected chi connectivity index (χ1v) is 8.76. The van der Waals surface area contributed by atoms with Crippen molar-refractivity contribution in [2.75, 3.05) is 14.2 Å². The van der Waals surface area contributed by atoms with Crippen molar-refractivity contribution in [2.45, 2.75) is 32.7 Å². The van der Waals surface area contributed by atoms with Crippen LogP contribution in [-0.2, 0) is 22.3 Å². The van der Waals surface area contributed by atoms with Gasteiger partial charge in [-0.2, -0.15) is 23.1 Å². The van der Waals surface area contributed by atoms with Crippen LogP contribution in [0.4, 0.5) is 13.2 Å². The van der Waals surface area contributed by atoms with Crippen molar-refractivity contribution < 1.29 is 36.9 Å². The topological polar surface area (TPSA) is 79.8 Å². The van der Waals surface area contributed by atoms with Crippen molar-refractivity contribution in [1.29, 1.82) is 0 Å². The minimum atomic E-state index is -4.72. The van der Waals surface area contributed by atoms with Gasteiger partial charge in [0.1, 0.15) is 12.4 Å². The Morgan fingerprint density at radius 1 is 1.20 bits per heavy atom. The molecule has 0 aliphatic rings. The first-order chi connectivity index (χ1) is 14.1. The number of benzene rings is 1. The zero-order valence-electron chi connectivity index (χ0n) is 16.9. The molecule has 30 heavy (non-hydrogen) atoms. The van der Waals surface area contributed by atoms with Gasteiger partial charge in [-0.1, -0.05) is 18.7 Å². The zero-order chi connectivity index (χ0) is 22.5. The Kier molecular flexibility index (Phi) is 7.25. The van der Waals surface area contributed by atoms with Crippen LogP contribution >= 0.6 is 0 Å². The fraction of sp³-hybridized carbons (Fsp3) is 0.350. The van der Waals surface area contributed by atoms with Crippen molar-refractivity contribution in [3.63, 3.8) is 0 Å². The summed E-state index contributed by atoms with van der Waals surface area (Å²) in [5.74, 6) is -0.673. The van der Waals surface area contributed by atoms with Crippen LogP contribution in [0.15, 0.2) is 30.8 Å². The second-order valence-electron chi connectivity index (χ2n) is 6.28. The van der Waals surface area contributed by atoms with Crippen LogP contribution in [0.3, 0.4) is 0 Å². The number of hydrogen-bond acceptors (Lipinski definition) is 7. The molecule has 0 radical (unpaired) electrons. The van der Waals surface area contributed by atoms with E-state index < -0.39 is 30.0 Å². The third kappa shape index (κ3) is 5.62. The van der Waals surface area contributed by atoms with Gasteiger partial charge < -0.3 is 18.9 Å². The number of carbonyl (C=O) groups is 1. The fourth-order valence-electron chi connectivity index (χ4n) is 2.45. The van der Waals surface area contributed by atoms with Gasteiger partial charge in [0.25, 0.3) is 0 Å². The van der Waals surface area contributed by atoms with Crippen LogP contribution in [0, 0.1) is 0 Å². The predicted octanol–water partition coefficient (Wildman–Crippen LogP) is 4.06. The molecule has 1 aromatic carbocycles. The molecule has 0 saturated carbocycles. The Labute approximate surface area is 171 Å².